The lowest BCUT2D eigenvalue weighted by Gasteiger charge is -2.22. The Labute approximate surface area is 168 Å². The maximum atomic E-state index is 14.1. The molecule has 6 nitrogen and oxygen atoms in total. The second-order valence-corrected chi connectivity index (χ2v) is 7.44. The van der Waals surface area contributed by atoms with E-state index in [1.165, 1.54) is 55.5 Å². The van der Waals surface area contributed by atoms with E-state index in [0.29, 0.717) is 27.2 Å². The van der Waals surface area contributed by atoms with Crippen LogP contribution in [0, 0.1) is 5.82 Å². The van der Waals surface area contributed by atoms with Crippen molar-refractivity contribution < 1.29 is 27.6 Å². The van der Waals surface area contributed by atoms with Crippen LogP contribution in [0.25, 0.3) is 0 Å². The molecular weight excluding hydrogens is 407 g/mol. The molecule has 4 amide bonds. The smallest absolute Gasteiger partial charge is 0.325 e. The zero-order valence-electron chi connectivity index (χ0n) is 15.1. The van der Waals surface area contributed by atoms with Gasteiger partial charge in [-0.15, -0.1) is 0 Å². The maximum absolute atomic E-state index is 14.1. The molecule has 0 bridgehead atoms. The molecule has 0 radical (unpaired) electrons. The molecule has 3 rings (SSSR count). The lowest BCUT2D eigenvalue weighted by Crippen LogP contribution is -2.42. The third-order valence-electron chi connectivity index (χ3n) is 4.35. The molecule has 2 N–H and O–H groups in total. The number of alkyl halides is 2. The predicted octanol–water partition coefficient (Wildman–Crippen LogP) is 3.55. The fourth-order valence-electron chi connectivity index (χ4n) is 2.95. The standard InChI is InChI=1S/C19H16F3N3O3S/c1-19(13-4-2-3-5-14(13)20)16(27)25(18(28)24-19)10-15(26)23-11-6-8-12(9-7-11)29-17(21)22/h2-9,17H,10H2,1H3,(H,23,26)(H,24,28). The van der Waals surface area contributed by atoms with Gasteiger partial charge in [0, 0.05) is 16.1 Å². The molecule has 1 aliphatic rings. The summed E-state index contributed by atoms with van der Waals surface area (Å²) in [7, 11) is 0. The van der Waals surface area contributed by atoms with Crippen molar-refractivity contribution in [2.45, 2.75) is 23.1 Å². The van der Waals surface area contributed by atoms with Crippen molar-refractivity contribution in [2.75, 3.05) is 11.9 Å². The van der Waals surface area contributed by atoms with E-state index in [9.17, 15) is 27.6 Å². The first-order valence-corrected chi connectivity index (χ1v) is 9.32. The Kier molecular flexibility index (Phi) is 5.83. The number of halogens is 3. The molecule has 1 heterocycles. The monoisotopic (exact) mass is 423 g/mol. The van der Waals surface area contributed by atoms with Crippen molar-refractivity contribution in [3.05, 3.63) is 59.9 Å². The second-order valence-electron chi connectivity index (χ2n) is 6.38. The number of nitrogens with one attached hydrogen (secondary N) is 2. The van der Waals surface area contributed by atoms with Crippen molar-refractivity contribution in [1.82, 2.24) is 10.2 Å². The van der Waals surface area contributed by atoms with Crippen LogP contribution in [0.1, 0.15) is 12.5 Å². The number of benzene rings is 2. The zero-order chi connectivity index (χ0) is 21.2. The van der Waals surface area contributed by atoms with Gasteiger partial charge in [0.1, 0.15) is 17.9 Å². The maximum Gasteiger partial charge on any atom is 0.325 e. The Hall–Kier alpha value is -3.01. The van der Waals surface area contributed by atoms with Gasteiger partial charge in [0.05, 0.1) is 0 Å². The number of imide groups is 1. The van der Waals surface area contributed by atoms with Gasteiger partial charge in [-0.25, -0.2) is 9.18 Å². The molecule has 0 spiro atoms. The highest BCUT2D eigenvalue weighted by molar-refractivity contribution is 7.99. The summed E-state index contributed by atoms with van der Waals surface area (Å²) in [4.78, 5) is 38.3. The van der Waals surface area contributed by atoms with Crippen LogP contribution in [0.2, 0.25) is 0 Å². The molecule has 1 atom stereocenters. The minimum Gasteiger partial charge on any atom is -0.325 e. The molecule has 152 valence electrons. The minimum atomic E-state index is -2.56. The van der Waals surface area contributed by atoms with Gasteiger partial charge in [-0.2, -0.15) is 8.78 Å². The molecule has 1 saturated heterocycles. The van der Waals surface area contributed by atoms with Gasteiger partial charge < -0.3 is 10.6 Å². The zero-order valence-corrected chi connectivity index (χ0v) is 15.9. The van der Waals surface area contributed by atoms with Gasteiger partial charge in [-0.3, -0.25) is 14.5 Å². The van der Waals surface area contributed by atoms with Crippen LogP contribution in [0.15, 0.2) is 53.4 Å². The van der Waals surface area contributed by atoms with Crippen LogP contribution in [-0.2, 0) is 15.1 Å². The number of amides is 4. The number of urea groups is 1. The molecule has 2 aromatic rings. The van der Waals surface area contributed by atoms with Crippen molar-refractivity contribution in [2.24, 2.45) is 0 Å². The van der Waals surface area contributed by atoms with Crippen molar-refractivity contribution >= 4 is 35.3 Å². The Morgan fingerprint density at radius 1 is 1.17 bits per heavy atom. The minimum absolute atomic E-state index is 0.00613. The Bertz CT molecular complexity index is 955. The normalized spacial score (nSPS) is 18.9. The lowest BCUT2D eigenvalue weighted by molar-refractivity contribution is -0.133. The first-order valence-electron chi connectivity index (χ1n) is 8.44. The number of anilines is 1. The van der Waals surface area contributed by atoms with Crippen LogP contribution in [-0.4, -0.2) is 35.0 Å². The average Bonchev–Trinajstić information content (AvgIpc) is 2.87. The van der Waals surface area contributed by atoms with E-state index in [4.69, 9.17) is 0 Å². The van der Waals surface area contributed by atoms with E-state index in [-0.39, 0.29) is 5.56 Å². The third-order valence-corrected chi connectivity index (χ3v) is 5.07. The highest BCUT2D eigenvalue weighted by Crippen LogP contribution is 2.30. The molecule has 0 saturated carbocycles. The van der Waals surface area contributed by atoms with Gasteiger partial charge >= 0.3 is 6.03 Å². The van der Waals surface area contributed by atoms with Crippen molar-refractivity contribution in [1.29, 1.82) is 0 Å². The molecule has 2 aromatic carbocycles. The molecule has 1 aliphatic heterocycles. The number of carbonyl (C=O) groups is 3. The van der Waals surface area contributed by atoms with Crippen LogP contribution in [0.5, 0.6) is 0 Å². The number of hydrogen-bond acceptors (Lipinski definition) is 4. The number of hydrogen-bond donors (Lipinski definition) is 2. The van der Waals surface area contributed by atoms with Crippen LogP contribution < -0.4 is 10.6 Å². The van der Waals surface area contributed by atoms with E-state index in [0.717, 1.165) is 0 Å². The lowest BCUT2D eigenvalue weighted by atomic mass is 9.91. The largest absolute Gasteiger partial charge is 0.325 e. The third kappa shape index (κ3) is 4.37. The highest BCUT2D eigenvalue weighted by atomic mass is 32.2. The summed E-state index contributed by atoms with van der Waals surface area (Å²) in [5, 5.41) is 4.91. The quantitative estimate of drug-likeness (QED) is 0.550. The molecular formula is C19H16F3N3O3S. The molecule has 0 aliphatic carbocycles. The molecule has 29 heavy (non-hydrogen) atoms. The van der Waals surface area contributed by atoms with E-state index in [1.807, 2.05) is 0 Å². The second kappa shape index (κ2) is 8.16. The molecule has 0 aromatic heterocycles. The van der Waals surface area contributed by atoms with Gasteiger partial charge in [-0.1, -0.05) is 30.0 Å². The highest BCUT2D eigenvalue weighted by Gasteiger charge is 2.50. The molecule has 1 fully saturated rings. The van der Waals surface area contributed by atoms with Gasteiger partial charge in [0.15, 0.2) is 0 Å². The number of rotatable bonds is 6. The van der Waals surface area contributed by atoms with Crippen LogP contribution >= 0.6 is 11.8 Å². The summed E-state index contributed by atoms with van der Waals surface area (Å²) < 4.78 is 38.8. The van der Waals surface area contributed by atoms with E-state index in [2.05, 4.69) is 10.6 Å². The number of thioether (sulfide) groups is 1. The summed E-state index contributed by atoms with van der Waals surface area (Å²) in [5.74, 6) is -4.64. The molecule has 10 heteroatoms. The Morgan fingerprint density at radius 2 is 1.83 bits per heavy atom. The predicted molar refractivity (Wildman–Crippen MR) is 101 cm³/mol. The summed E-state index contributed by atoms with van der Waals surface area (Å²) in [6.45, 7) is 0.783. The number of carbonyl (C=O) groups excluding carboxylic acids is 3. The fraction of sp³-hybridized carbons (Fsp3) is 0.211. The van der Waals surface area contributed by atoms with Crippen LogP contribution in [0.3, 0.4) is 0 Å². The first-order chi connectivity index (χ1) is 13.7. The van der Waals surface area contributed by atoms with Crippen molar-refractivity contribution in [3.63, 3.8) is 0 Å². The molecule has 1 unspecified atom stereocenters. The summed E-state index contributed by atoms with van der Waals surface area (Å²) in [6.07, 6.45) is 0. The van der Waals surface area contributed by atoms with E-state index < -0.39 is 41.5 Å². The Balaban J connectivity index is 1.68. The SMILES string of the molecule is CC1(c2ccccc2F)NC(=O)N(CC(=O)Nc2ccc(SC(F)F)cc2)C1=O. The van der Waals surface area contributed by atoms with Gasteiger partial charge in [-0.05, 0) is 37.3 Å². The van der Waals surface area contributed by atoms with E-state index >= 15 is 0 Å². The topological polar surface area (TPSA) is 78.5 Å². The van der Waals surface area contributed by atoms with Gasteiger partial charge in [0.2, 0.25) is 5.91 Å². The summed E-state index contributed by atoms with van der Waals surface area (Å²) >= 11 is 0.369. The summed E-state index contributed by atoms with van der Waals surface area (Å²) in [6, 6.07) is 10.4. The average molecular weight is 423 g/mol. The first kappa shape index (κ1) is 20.7. The Morgan fingerprint density at radius 3 is 2.45 bits per heavy atom. The van der Waals surface area contributed by atoms with E-state index in [1.54, 1.807) is 0 Å². The van der Waals surface area contributed by atoms with Gasteiger partial charge in [0.25, 0.3) is 11.7 Å². The number of nitrogens with zero attached hydrogens (tertiary/aromatic N) is 1. The summed E-state index contributed by atoms with van der Waals surface area (Å²) in [5.41, 5.74) is -1.32. The van der Waals surface area contributed by atoms with Crippen molar-refractivity contribution in [3.8, 4) is 0 Å². The van der Waals surface area contributed by atoms with Crippen LogP contribution in [0.4, 0.5) is 23.7 Å². The fourth-order valence-corrected chi connectivity index (χ4v) is 3.45.